The number of carbonyl (C=O) groups is 2. The largest absolute Gasteiger partial charge is 0.480 e. The van der Waals surface area contributed by atoms with Crippen LogP contribution in [0.1, 0.15) is 34.6 Å². The molecule has 2 aliphatic rings. The standard InChI is InChI=1S/C14H19NO5S/c1-13(2,3)7-6-8-10(16)15-9(12(17)18)14(4,5)21(19,20)11(8)15/h7,9,11H,1-5H3,(H,17,18)/t6?,9-,11+/m0/s1. The summed E-state index contributed by atoms with van der Waals surface area (Å²) in [4.78, 5) is 24.4. The third kappa shape index (κ3) is 2.03. The highest BCUT2D eigenvalue weighted by molar-refractivity contribution is 7.94. The van der Waals surface area contributed by atoms with Gasteiger partial charge in [0.05, 0.1) is 5.57 Å². The number of nitrogens with zero attached hydrogens (tertiary/aromatic N) is 1. The van der Waals surface area contributed by atoms with Crippen molar-refractivity contribution < 1.29 is 23.1 Å². The number of amides is 1. The molecule has 6 nitrogen and oxygen atoms in total. The first-order valence-corrected chi connectivity index (χ1v) is 8.13. The average Bonchev–Trinajstić information content (AvgIpc) is 2.41. The van der Waals surface area contributed by atoms with Gasteiger partial charge in [-0.25, -0.2) is 13.2 Å². The van der Waals surface area contributed by atoms with Crippen LogP contribution in [0.5, 0.6) is 0 Å². The van der Waals surface area contributed by atoms with Crippen LogP contribution < -0.4 is 0 Å². The van der Waals surface area contributed by atoms with Crippen molar-refractivity contribution in [2.45, 2.75) is 50.8 Å². The molecular formula is C14H19NO5S. The summed E-state index contributed by atoms with van der Waals surface area (Å²) in [6, 6.07) is -1.36. The van der Waals surface area contributed by atoms with Gasteiger partial charge in [-0.2, -0.15) is 0 Å². The summed E-state index contributed by atoms with van der Waals surface area (Å²) in [6.07, 6.45) is 1.63. The first kappa shape index (κ1) is 15.8. The highest BCUT2D eigenvalue weighted by atomic mass is 32.2. The van der Waals surface area contributed by atoms with Crippen molar-refractivity contribution in [1.82, 2.24) is 4.90 Å². The quantitative estimate of drug-likeness (QED) is 0.442. The van der Waals surface area contributed by atoms with E-state index in [1.165, 1.54) is 13.8 Å². The van der Waals surface area contributed by atoms with Gasteiger partial charge in [-0.15, -0.1) is 5.73 Å². The number of aliphatic carboxylic acids is 1. The van der Waals surface area contributed by atoms with Crippen LogP contribution in [0, 0.1) is 5.41 Å². The lowest BCUT2D eigenvalue weighted by Crippen LogP contribution is -2.58. The van der Waals surface area contributed by atoms with Crippen LogP contribution in [-0.2, 0) is 19.4 Å². The van der Waals surface area contributed by atoms with Gasteiger partial charge in [-0.1, -0.05) is 20.8 Å². The molecule has 2 heterocycles. The fourth-order valence-corrected chi connectivity index (χ4v) is 4.70. The van der Waals surface area contributed by atoms with Crippen molar-refractivity contribution in [1.29, 1.82) is 0 Å². The Balaban J connectivity index is 2.59. The summed E-state index contributed by atoms with van der Waals surface area (Å²) in [5.74, 6) is -1.87. The van der Waals surface area contributed by atoms with Gasteiger partial charge in [0.2, 0.25) is 0 Å². The van der Waals surface area contributed by atoms with Gasteiger partial charge in [0.15, 0.2) is 21.3 Å². The average molecular weight is 313 g/mol. The fourth-order valence-electron chi connectivity index (χ4n) is 2.60. The van der Waals surface area contributed by atoms with E-state index in [1.807, 2.05) is 20.8 Å². The molecule has 0 radical (unpaired) electrons. The first-order chi connectivity index (χ1) is 9.32. The Hall–Kier alpha value is -1.59. The summed E-state index contributed by atoms with van der Waals surface area (Å²) < 4.78 is 23.6. The second-order valence-corrected chi connectivity index (χ2v) is 9.61. The molecule has 0 spiro atoms. The summed E-state index contributed by atoms with van der Waals surface area (Å²) in [7, 11) is -3.80. The van der Waals surface area contributed by atoms with Crippen molar-refractivity contribution in [3.8, 4) is 0 Å². The zero-order valence-electron chi connectivity index (χ0n) is 12.7. The van der Waals surface area contributed by atoms with Gasteiger partial charge >= 0.3 is 5.97 Å². The monoisotopic (exact) mass is 313 g/mol. The Kier molecular flexibility index (Phi) is 3.17. The SMILES string of the molecule is CC(C)(C)C=C=C1C(=O)N2[C@@H](C(=O)O)C(C)(C)S(=O)(=O)[C@H]12. The lowest BCUT2D eigenvalue weighted by Gasteiger charge is -2.36. The van der Waals surface area contributed by atoms with E-state index in [0.717, 1.165) is 4.90 Å². The zero-order valence-corrected chi connectivity index (χ0v) is 13.5. The van der Waals surface area contributed by atoms with Gasteiger partial charge in [0.1, 0.15) is 4.75 Å². The van der Waals surface area contributed by atoms with Gasteiger partial charge in [0, 0.05) is 0 Å². The van der Waals surface area contributed by atoms with Crippen LogP contribution in [0.15, 0.2) is 17.4 Å². The predicted molar refractivity (Wildman–Crippen MR) is 76.1 cm³/mol. The lowest BCUT2D eigenvalue weighted by atomic mass is 9.93. The Bertz CT molecular complexity index is 689. The van der Waals surface area contributed by atoms with Crippen LogP contribution in [0.3, 0.4) is 0 Å². The highest BCUT2D eigenvalue weighted by Gasteiger charge is 2.70. The smallest absolute Gasteiger partial charge is 0.328 e. The minimum atomic E-state index is -3.80. The number of carboxylic acids is 1. The molecule has 0 aromatic carbocycles. The molecule has 2 aliphatic heterocycles. The van der Waals surface area contributed by atoms with Crippen LogP contribution in [0.2, 0.25) is 0 Å². The summed E-state index contributed by atoms with van der Waals surface area (Å²) >= 11 is 0. The Morgan fingerprint density at radius 3 is 2.33 bits per heavy atom. The molecule has 21 heavy (non-hydrogen) atoms. The number of fused-ring (bicyclic) bond motifs is 1. The van der Waals surface area contributed by atoms with Gasteiger partial charge in [0.25, 0.3) is 5.91 Å². The second kappa shape index (κ2) is 4.21. The minimum Gasteiger partial charge on any atom is -0.480 e. The molecule has 2 saturated heterocycles. The van der Waals surface area contributed by atoms with E-state index in [0.29, 0.717) is 0 Å². The molecule has 1 amide bonds. The molecule has 0 bridgehead atoms. The number of sulfone groups is 1. The van der Waals surface area contributed by atoms with E-state index in [4.69, 9.17) is 0 Å². The Morgan fingerprint density at radius 2 is 1.90 bits per heavy atom. The first-order valence-electron chi connectivity index (χ1n) is 6.59. The van der Waals surface area contributed by atoms with Crippen LogP contribution in [0.25, 0.3) is 0 Å². The van der Waals surface area contributed by atoms with Crippen LogP contribution in [-0.4, -0.2) is 46.5 Å². The maximum absolute atomic E-state index is 12.5. The predicted octanol–water partition coefficient (Wildman–Crippen LogP) is 0.943. The Labute approximate surface area is 124 Å². The van der Waals surface area contributed by atoms with E-state index in [-0.39, 0.29) is 11.0 Å². The molecule has 0 saturated carbocycles. The van der Waals surface area contributed by atoms with Gasteiger partial charge in [-0.05, 0) is 25.3 Å². The van der Waals surface area contributed by atoms with E-state index in [2.05, 4.69) is 5.73 Å². The molecule has 0 unspecified atom stereocenters. The van der Waals surface area contributed by atoms with Gasteiger partial charge < -0.3 is 10.0 Å². The third-order valence-corrected chi connectivity index (χ3v) is 6.56. The summed E-state index contributed by atoms with van der Waals surface area (Å²) in [5.41, 5.74) is 2.54. The van der Waals surface area contributed by atoms with Crippen molar-refractivity contribution in [3.63, 3.8) is 0 Å². The molecule has 7 heteroatoms. The summed E-state index contributed by atoms with van der Waals surface area (Å²) in [6.45, 7) is 8.38. The maximum Gasteiger partial charge on any atom is 0.328 e. The summed E-state index contributed by atoms with van der Waals surface area (Å²) in [5, 5.41) is 8.08. The molecule has 0 aromatic rings. The highest BCUT2D eigenvalue weighted by Crippen LogP contribution is 2.48. The molecule has 2 fully saturated rings. The zero-order chi connectivity index (χ0) is 16.4. The van der Waals surface area contributed by atoms with E-state index < -0.39 is 37.9 Å². The van der Waals surface area contributed by atoms with Crippen LogP contribution >= 0.6 is 0 Å². The van der Waals surface area contributed by atoms with E-state index in [1.54, 1.807) is 6.08 Å². The van der Waals surface area contributed by atoms with E-state index >= 15 is 0 Å². The third-order valence-electron chi connectivity index (χ3n) is 3.82. The topological polar surface area (TPSA) is 91.8 Å². The molecule has 0 aromatic heterocycles. The number of rotatable bonds is 1. The number of hydrogen-bond donors (Lipinski definition) is 1. The number of carboxylic acid groups (broad SMARTS) is 1. The van der Waals surface area contributed by atoms with Crippen LogP contribution in [0.4, 0.5) is 0 Å². The van der Waals surface area contributed by atoms with E-state index in [9.17, 15) is 23.1 Å². The second-order valence-electron chi connectivity index (χ2n) is 7.02. The maximum atomic E-state index is 12.5. The molecule has 116 valence electrons. The van der Waals surface area contributed by atoms with Crippen molar-refractivity contribution in [2.75, 3.05) is 0 Å². The molecular weight excluding hydrogens is 294 g/mol. The van der Waals surface area contributed by atoms with Gasteiger partial charge in [-0.3, -0.25) is 4.79 Å². The fraction of sp³-hybridized carbons (Fsp3) is 0.643. The lowest BCUT2D eigenvalue weighted by molar-refractivity contribution is -0.152. The number of β-lactam (4-membered cyclic amide) rings is 1. The Morgan fingerprint density at radius 1 is 1.38 bits per heavy atom. The van der Waals surface area contributed by atoms with Crippen molar-refractivity contribution >= 4 is 21.7 Å². The van der Waals surface area contributed by atoms with Crippen molar-refractivity contribution in [2.24, 2.45) is 5.41 Å². The molecule has 0 aliphatic carbocycles. The number of hydrogen-bond acceptors (Lipinski definition) is 4. The molecule has 2 atom stereocenters. The molecule has 2 rings (SSSR count). The minimum absolute atomic E-state index is 0.0294. The molecule has 1 N–H and O–H groups in total. The normalized spacial score (nSPS) is 29.5. The number of carbonyl (C=O) groups excluding carboxylic acids is 1. The van der Waals surface area contributed by atoms with Crippen molar-refractivity contribution in [3.05, 3.63) is 17.4 Å².